The van der Waals surface area contributed by atoms with E-state index >= 15 is 0 Å². The molecule has 3 rings (SSSR count). The molecule has 0 aliphatic carbocycles. The third-order valence-corrected chi connectivity index (χ3v) is 7.13. The molecular formula is C27H35NO6S. The van der Waals surface area contributed by atoms with Crippen molar-refractivity contribution in [3.63, 3.8) is 0 Å². The van der Waals surface area contributed by atoms with Crippen molar-refractivity contribution in [2.75, 3.05) is 21.3 Å². The first-order valence-corrected chi connectivity index (χ1v) is 12.1. The fourth-order valence-electron chi connectivity index (χ4n) is 4.97. The number of imide groups is 1. The Morgan fingerprint density at radius 3 is 1.86 bits per heavy atom. The van der Waals surface area contributed by atoms with Crippen LogP contribution in [-0.2, 0) is 14.3 Å². The summed E-state index contributed by atoms with van der Waals surface area (Å²) in [5.41, 5.74) is 0.753. The molecule has 0 N–H and O–H groups in total. The summed E-state index contributed by atoms with van der Waals surface area (Å²) in [6.45, 7) is 7.61. The van der Waals surface area contributed by atoms with Gasteiger partial charge < -0.3 is 18.9 Å². The van der Waals surface area contributed by atoms with Crippen LogP contribution in [0, 0.1) is 11.8 Å². The molecule has 0 bridgehead atoms. The van der Waals surface area contributed by atoms with Crippen LogP contribution in [0.4, 0.5) is 4.79 Å². The fourth-order valence-corrected chi connectivity index (χ4v) is 5.43. The highest BCUT2D eigenvalue weighted by atomic mass is 32.1. The number of carbonyl (C=O) groups is 2. The molecule has 2 aromatic carbocycles. The Morgan fingerprint density at radius 2 is 1.43 bits per heavy atom. The van der Waals surface area contributed by atoms with E-state index in [1.54, 1.807) is 21.3 Å². The predicted molar refractivity (Wildman–Crippen MR) is 137 cm³/mol. The number of cyclic esters (lactones) is 1. The zero-order valence-corrected chi connectivity index (χ0v) is 22.2. The smallest absolute Gasteiger partial charge is 0.417 e. The number of nitrogens with zero attached hydrogens (tertiary/aromatic N) is 1. The van der Waals surface area contributed by atoms with Crippen LogP contribution in [0.15, 0.2) is 48.5 Å². The third-order valence-electron chi connectivity index (χ3n) is 6.51. The number of thiol groups is 1. The minimum atomic E-state index is -0.826. The van der Waals surface area contributed by atoms with E-state index in [0.29, 0.717) is 11.5 Å². The molecule has 1 heterocycles. The molecular weight excluding hydrogens is 466 g/mol. The number of hydrogen-bond donors (Lipinski definition) is 1. The van der Waals surface area contributed by atoms with Crippen molar-refractivity contribution in [2.24, 2.45) is 11.8 Å². The molecule has 35 heavy (non-hydrogen) atoms. The van der Waals surface area contributed by atoms with Crippen molar-refractivity contribution in [3.8, 4) is 11.5 Å². The minimum Gasteiger partial charge on any atom is -0.497 e. The van der Waals surface area contributed by atoms with E-state index < -0.39 is 40.9 Å². The maximum atomic E-state index is 14.2. The van der Waals surface area contributed by atoms with Gasteiger partial charge in [0.15, 0.2) is 0 Å². The van der Waals surface area contributed by atoms with Crippen molar-refractivity contribution in [1.29, 1.82) is 0 Å². The van der Waals surface area contributed by atoms with Crippen LogP contribution >= 0.6 is 12.6 Å². The summed E-state index contributed by atoms with van der Waals surface area (Å²) < 4.78 is 22.1. The molecule has 0 saturated carbocycles. The second-order valence-electron chi connectivity index (χ2n) is 9.54. The maximum Gasteiger partial charge on any atom is 0.417 e. The molecule has 0 aromatic heterocycles. The second kappa shape index (κ2) is 10.9. The fraction of sp³-hybridized carbons (Fsp3) is 0.481. The van der Waals surface area contributed by atoms with Gasteiger partial charge in [-0.2, -0.15) is 12.6 Å². The first kappa shape index (κ1) is 26.9. The SMILES string of the molecule is COc1ccc(C(S)C(C(=O)N2C(=O)OC(C)(C)[C@@H]2C(C)C)C(OC)c2ccc(OC)cc2)cc1. The zero-order chi connectivity index (χ0) is 25.9. The first-order chi connectivity index (χ1) is 16.5. The summed E-state index contributed by atoms with van der Waals surface area (Å²) >= 11 is 4.90. The topological polar surface area (TPSA) is 74.3 Å². The Kier molecular flexibility index (Phi) is 8.38. The third kappa shape index (κ3) is 5.43. The Balaban J connectivity index is 2.10. The Morgan fingerprint density at radius 1 is 0.943 bits per heavy atom. The minimum absolute atomic E-state index is 0.0117. The quantitative estimate of drug-likeness (QED) is 0.460. The summed E-state index contributed by atoms with van der Waals surface area (Å²) in [4.78, 5) is 28.5. The molecule has 2 amide bonds. The standard InChI is InChI=1S/C27H35NO6S/c1-16(2)24-27(3,4)34-26(30)28(24)25(29)21(23(35)18-10-14-20(32-6)15-11-18)22(33-7)17-8-12-19(31-5)13-9-17/h8-16,21-24,35H,1-7H3/t21?,22?,23?,24-/m0/s1. The lowest BCUT2D eigenvalue weighted by Gasteiger charge is -2.36. The number of rotatable bonds is 9. The van der Waals surface area contributed by atoms with E-state index in [-0.39, 0.29) is 5.92 Å². The lowest BCUT2D eigenvalue weighted by Crippen LogP contribution is -2.51. The number of benzene rings is 2. The summed E-state index contributed by atoms with van der Waals surface area (Å²) in [6.07, 6.45) is -1.33. The molecule has 8 heteroatoms. The van der Waals surface area contributed by atoms with Gasteiger partial charge in [0.1, 0.15) is 17.1 Å². The van der Waals surface area contributed by atoms with Crippen LogP contribution < -0.4 is 9.47 Å². The average Bonchev–Trinajstić information content (AvgIpc) is 3.09. The Bertz CT molecular complexity index is 1020. The van der Waals surface area contributed by atoms with Crippen molar-refractivity contribution in [1.82, 2.24) is 4.90 Å². The normalized spacial score (nSPS) is 19.7. The first-order valence-electron chi connectivity index (χ1n) is 11.6. The van der Waals surface area contributed by atoms with Gasteiger partial charge in [0.2, 0.25) is 5.91 Å². The van der Waals surface area contributed by atoms with Gasteiger partial charge in [-0.15, -0.1) is 0 Å². The maximum absolute atomic E-state index is 14.2. The highest BCUT2D eigenvalue weighted by Gasteiger charge is 2.54. The molecule has 1 aliphatic heterocycles. The largest absolute Gasteiger partial charge is 0.497 e. The van der Waals surface area contributed by atoms with E-state index in [9.17, 15) is 9.59 Å². The van der Waals surface area contributed by atoms with Crippen LogP contribution in [0.5, 0.6) is 11.5 Å². The van der Waals surface area contributed by atoms with Crippen molar-refractivity contribution in [3.05, 3.63) is 59.7 Å². The molecule has 1 aliphatic rings. The van der Waals surface area contributed by atoms with Gasteiger partial charge in [-0.1, -0.05) is 38.1 Å². The van der Waals surface area contributed by atoms with Crippen molar-refractivity contribution >= 4 is 24.6 Å². The molecule has 0 spiro atoms. The molecule has 7 nitrogen and oxygen atoms in total. The number of carbonyl (C=O) groups excluding carboxylic acids is 2. The van der Waals surface area contributed by atoms with Gasteiger partial charge in [0.25, 0.3) is 0 Å². The van der Waals surface area contributed by atoms with Gasteiger partial charge in [0, 0.05) is 12.4 Å². The molecule has 1 saturated heterocycles. The van der Waals surface area contributed by atoms with Crippen molar-refractivity contribution < 1.29 is 28.5 Å². The van der Waals surface area contributed by atoms with Gasteiger partial charge in [-0.3, -0.25) is 4.79 Å². The predicted octanol–water partition coefficient (Wildman–Crippen LogP) is 5.46. The number of amides is 2. The van der Waals surface area contributed by atoms with E-state index in [1.807, 2.05) is 76.2 Å². The molecule has 4 atom stereocenters. The second-order valence-corrected chi connectivity index (χ2v) is 10.1. The molecule has 0 radical (unpaired) electrons. The Hall–Kier alpha value is -2.71. The van der Waals surface area contributed by atoms with Gasteiger partial charge in [-0.25, -0.2) is 9.69 Å². The van der Waals surface area contributed by atoms with Gasteiger partial charge in [-0.05, 0) is 55.2 Å². The number of ether oxygens (including phenoxy) is 4. The summed E-state index contributed by atoms with van der Waals surface area (Å²) in [5.74, 6) is 0.155. The molecule has 3 unspecified atom stereocenters. The highest BCUT2D eigenvalue weighted by Crippen LogP contribution is 2.44. The summed E-state index contributed by atoms with van der Waals surface area (Å²) in [7, 11) is 4.74. The summed E-state index contributed by atoms with van der Waals surface area (Å²) in [5, 5.41) is -0.579. The average molecular weight is 502 g/mol. The number of methoxy groups -OCH3 is 3. The van der Waals surface area contributed by atoms with E-state index in [4.69, 9.17) is 31.6 Å². The molecule has 190 valence electrons. The van der Waals surface area contributed by atoms with Crippen LogP contribution in [0.3, 0.4) is 0 Å². The Labute approximate surface area is 213 Å². The van der Waals surface area contributed by atoms with Crippen LogP contribution in [0.25, 0.3) is 0 Å². The van der Waals surface area contributed by atoms with Crippen molar-refractivity contribution in [2.45, 2.75) is 50.7 Å². The van der Waals surface area contributed by atoms with Crippen LogP contribution in [0.1, 0.15) is 50.2 Å². The lowest BCUT2D eigenvalue weighted by atomic mass is 9.84. The zero-order valence-electron chi connectivity index (χ0n) is 21.3. The highest BCUT2D eigenvalue weighted by molar-refractivity contribution is 7.80. The van der Waals surface area contributed by atoms with Gasteiger partial charge >= 0.3 is 6.09 Å². The van der Waals surface area contributed by atoms with Crippen LogP contribution in [-0.4, -0.2) is 49.9 Å². The van der Waals surface area contributed by atoms with E-state index in [0.717, 1.165) is 11.1 Å². The lowest BCUT2D eigenvalue weighted by molar-refractivity contribution is -0.139. The van der Waals surface area contributed by atoms with Crippen LogP contribution in [0.2, 0.25) is 0 Å². The molecule has 2 aromatic rings. The monoisotopic (exact) mass is 501 g/mol. The number of hydrogen-bond acceptors (Lipinski definition) is 7. The van der Waals surface area contributed by atoms with E-state index in [2.05, 4.69) is 0 Å². The molecule has 1 fully saturated rings. The summed E-state index contributed by atoms with van der Waals surface area (Å²) in [6, 6.07) is 14.3. The van der Waals surface area contributed by atoms with Gasteiger partial charge in [0.05, 0.1) is 32.3 Å². The van der Waals surface area contributed by atoms with E-state index in [1.165, 1.54) is 4.90 Å².